The van der Waals surface area contributed by atoms with Crippen molar-refractivity contribution in [2.75, 3.05) is 39.1 Å². The van der Waals surface area contributed by atoms with E-state index in [1.165, 1.54) is 22.3 Å². The zero-order valence-corrected chi connectivity index (χ0v) is 27.2. The number of fused-ring (bicyclic) bond motifs is 3. The van der Waals surface area contributed by atoms with Crippen molar-refractivity contribution in [3.05, 3.63) is 157 Å². The first-order chi connectivity index (χ1) is 23.1. The zero-order valence-electron chi connectivity index (χ0n) is 27.2. The van der Waals surface area contributed by atoms with E-state index in [9.17, 15) is 0 Å². The lowest BCUT2D eigenvalue weighted by atomic mass is 10.1. The maximum Gasteiger partial charge on any atom is 0.119 e. The van der Waals surface area contributed by atoms with Gasteiger partial charge in [-0.05, 0) is 126 Å². The van der Waals surface area contributed by atoms with Crippen LogP contribution in [0.1, 0.15) is 11.1 Å². The Labute approximate surface area is 277 Å². The van der Waals surface area contributed by atoms with E-state index in [1.54, 1.807) is 28.4 Å². The highest BCUT2D eigenvalue weighted by Gasteiger charge is 2.15. The molecule has 47 heavy (non-hydrogen) atoms. The van der Waals surface area contributed by atoms with Crippen LogP contribution >= 0.6 is 0 Å². The van der Waals surface area contributed by atoms with Gasteiger partial charge in [0.2, 0.25) is 0 Å². The molecule has 0 spiro atoms. The van der Waals surface area contributed by atoms with Crippen LogP contribution in [0.3, 0.4) is 0 Å². The Morgan fingerprint density at radius 3 is 0.851 bits per heavy atom. The van der Waals surface area contributed by atoms with Gasteiger partial charge in [0.15, 0.2) is 0 Å². The molecule has 0 radical (unpaired) electrons. The molecule has 0 saturated heterocycles. The number of hydrogen-bond donors (Lipinski definition) is 2. The first-order valence-electron chi connectivity index (χ1n) is 15.3. The van der Waals surface area contributed by atoms with Crippen molar-refractivity contribution in [2.45, 2.75) is 6.42 Å². The standard InChI is InChI=1S/2C14H15NO2.C13H10/c2*1-16-13-7-3-11(4-8-13)15-12-5-9-14(17-2)10-6-12;1-3-7-12-10(5-1)9-11-6-2-4-8-13(11)12/h2*3-10,15H,1-2H3;1-8H,9H2. The van der Waals surface area contributed by atoms with Crippen LogP contribution in [0.2, 0.25) is 0 Å². The number of hydrogen-bond acceptors (Lipinski definition) is 6. The molecular formula is C41H40N2O4. The molecule has 0 bridgehead atoms. The molecule has 0 amide bonds. The second kappa shape index (κ2) is 16.4. The molecule has 1 aliphatic rings. The van der Waals surface area contributed by atoms with Crippen molar-refractivity contribution in [2.24, 2.45) is 0 Å². The van der Waals surface area contributed by atoms with Gasteiger partial charge in [0.1, 0.15) is 23.0 Å². The van der Waals surface area contributed by atoms with Crippen molar-refractivity contribution in [1.82, 2.24) is 0 Å². The monoisotopic (exact) mass is 624 g/mol. The van der Waals surface area contributed by atoms with Crippen LogP contribution in [0.25, 0.3) is 11.1 Å². The molecule has 0 saturated carbocycles. The third kappa shape index (κ3) is 9.08. The number of anilines is 4. The molecule has 7 rings (SSSR count). The molecule has 6 heteroatoms. The summed E-state index contributed by atoms with van der Waals surface area (Å²) in [6, 6.07) is 48.5. The number of benzene rings is 6. The Bertz CT molecular complexity index is 1590. The first kappa shape index (κ1) is 32.5. The van der Waals surface area contributed by atoms with Crippen molar-refractivity contribution in [3.63, 3.8) is 0 Å². The maximum atomic E-state index is 5.11. The predicted molar refractivity (Wildman–Crippen MR) is 193 cm³/mol. The summed E-state index contributed by atoms with van der Waals surface area (Å²) in [5.41, 5.74) is 9.85. The minimum absolute atomic E-state index is 0.852. The zero-order chi connectivity index (χ0) is 32.8. The van der Waals surface area contributed by atoms with Crippen LogP contribution in [0.15, 0.2) is 146 Å². The molecular weight excluding hydrogens is 584 g/mol. The van der Waals surface area contributed by atoms with E-state index < -0.39 is 0 Å². The van der Waals surface area contributed by atoms with Gasteiger partial charge in [-0.15, -0.1) is 0 Å². The fourth-order valence-corrected chi connectivity index (χ4v) is 5.11. The maximum absolute atomic E-state index is 5.11. The van der Waals surface area contributed by atoms with Gasteiger partial charge in [-0.3, -0.25) is 0 Å². The summed E-state index contributed by atoms with van der Waals surface area (Å²) in [7, 11) is 6.63. The topological polar surface area (TPSA) is 61.0 Å². The van der Waals surface area contributed by atoms with Gasteiger partial charge >= 0.3 is 0 Å². The summed E-state index contributed by atoms with van der Waals surface area (Å²) in [6.07, 6.45) is 1.10. The summed E-state index contributed by atoms with van der Waals surface area (Å²) in [5, 5.41) is 6.59. The molecule has 0 heterocycles. The van der Waals surface area contributed by atoms with E-state index in [2.05, 4.69) is 59.2 Å². The lowest BCUT2D eigenvalue weighted by Gasteiger charge is -2.08. The summed E-state index contributed by atoms with van der Waals surface area (Å²) in [5.74, 6) is 3.41. The van der Waals surface area contributed by atoms with Crippen molar-refractivity contribution in [1.29, 1.82) is 0 Å². The third-order valence-electron chi connectivity index (χ3n) is 7.64. The second-order valence-electron chi connectivity index (χ2n) is 10.7. The van der Waals surface area contributed by atoms with E-state index in [4.69, 9.17) is 18.9 Å². The summed E-state index contributed by atoms with van der Waals surface area (Å²) in [6.45, 7) is 0. The molecule has 1 aliphatic carbocycles. The molecule has 0 unspecified atom stereocenters. The third-order valence-corrected chi connectivity index (χ3v) is 7.64. The lowest BCUT2D eigenvalue weighted by molar-refractivity contribution is 0.414. The smallest absolute Gasteiger partial charge is 0.119 e. The number of methoxy groups -OCH3 is 4. The summed E-state index contributed by atoms with van der Waals surface area (Å²) in [4.78, 5) is 0. The molecule has 0 aliphatic heterocycles. The van der Waals surface area contributed by atoms with Gasteiger partial charge in [-0.2, -0.15) is 0 Å². The van der Waals surface area contributed by atoms with Gasteiger partial charge in [0, 0.05) is 22.7 Å². The average Bonchev–Trinajstić information content (AvgIpc) is 3.52. The Morgan fingerprint density at radius 2 is 0.596 bits per heavy atom. The molecule has 0 atom stereocenters. The SMILES string of the molecule is COc1ccc(Nc2ccc(OC)cc2)cc1.COc1ccc(Nc2ccc(OC)cc2)cc1.c1ccc2c(c1)Cc1ccccc1-2. The van der Waals surface area contributed by atoms with Gasteiger partial charge in [0.05, 0.1) is 28.4 Å². The van der Waals surface area contributed by atoms with E-state index in [0.29, 0.717) is 0 Å². The summed E-state index contributed by atoms with van der Waals surface area (Å²) < 4.78 is 20.4. The van der Waals surface area contributed by atoms with Gasteiger partial charge in [-0.1, -0.05) is 48.5 Å². The van der Waals surface area contributed by atoms with Crippen LogP contribution in [-0.2, 0) is 6.42 Å². The molecule has 238 valence electrons. The number of rotatable bonds is 8. The molecule has 6 aromatic rings. The highest BCUT2D eigenvalue weighted by atomic mass is 16.5. The van der Waals surface area contributed by atoms with Gasteiger partial charge in [0.25, 0.3) is 0 Å². The predicted octanol–water partition coefficient (Wildman–Crippen LogP) is 10.2. The minimum atomic E-state index is 0.852. The Balaban J connectivity index is 0.000000139. The first-order valence-corrected chi connectivity index (χ1v) is 15.3. The highest BCUT2D eigenvalue weighted by Crippen LogP contribution is 2.35. The molecule has 0 fully saturated rings. The molecule has 6 aromatic carbocycles. The van der Waals surface area contributed by atoms with Crippen LogP contribution < -0.4 is 29.6 Å². The van der Waals surface area contributed by atoms with Gasteiger partial charge < -0.3 is 29.6 Å². The second-order valence-corrected chi connectivity index (χ2v) is 10.7. The Hall–Kier alpha value is -5.88. The normalized spacial score (nSPS) is 10.5. The average molecular weight is 625 g/mol. The van der Waals surface area contributed by atoms with Crippen molar-refractivity contribution >= 4 is 22.7 Å². The van der Waals surface area contributed by atoms with Crippen molar-refractivity contribution in [3.8, 4) is 34.1 Å². The van der Waals surface area contributed by atoms with Gasteiger partial charge in [-0.25, -0.2) is 0 Å². The Kier molecular flexibility index (Phi) is 11.4. The van der Waals surface area contributed by atoms with Crippen LogP contribution in [0.5, 0.6) is 23.0 Å². The van der Waals surface area contributed by atoms with E-state index in [0.717, 1.165) is 52.2 Å². The largest absolute Gasteiger partial charge is 0.497 e. The van der Waals surface area contributed by atoms with E-state index >= 15 is 0 Å². The van der Waals surface area contributed by atoms with E-state index in [1.807, 2.05) is 97.1 Å². The van der Waals surface area contributed by atoms with Crippen LogP contribution in [0, 0.1) is 0 Å². The molecule has 0 aromatic heterocycles. The quantitative estimate of drug-likeness (QED) is 0.175. The van der Waals surface area contributed by atoms with Crippen LogP contribution in [0.4, 0.5) is 22.7 Å². The van der Waals surface area contributed by atoms with Crippen molar-refractivity contribution < 1.29 is 18.9 Å². The number of ether oxygens (including phenoxy) is 4. The molecule has 6 nitrogen and oxygen atoms in total. The molecule has 2 N–H and O–H groups in total. The highest BCUT2D eigenvalue weighted by molar-refractivity contribution is 5.76. The minimum Gasteiger partial charge on any atom is -0.497 e. The Morgan fingerprint density at radius 1 is 0.340 bits per heavy atom. The fourth-order valence-electron chi connectivity index (χ4n) is 5.11. The summed E-state index contributed by atoms with van der Waals surface area (Å²) >= 11 is 0. The fraction of sp³-hybridized carbons (Fsp3) is 0.122. The van der Waals surface area contributed by atoms with E-state index in [-0.39, 0.29) is 0 Å². The van der Waals surface area contributed by atoms with Crippen LogP contribution in [-0.4, -0.2) is 28.4 Å². The number of nitrogens with one attached hydrogen (secondary N) is 2. The lowest BCUT2D eigenvalue weighted by Crippen LogP contribution is -1.90.